The fraction of sp³-hybridized carbons (Fsp3) is 0.222. The van der Waals surface area contributed by atoms with Crippen LogP contribution in [-0.2, 0) is 17.9 Å². The number of hydrogen-bond acceptors (Lipinski definition) is 3. The van der Waals surface area contributed by atoms with E-state index in [1.807, 2.05) is 54.6 Å². The van der Waals surface area contributed by atoms with E-state index in [1.54, 1.807) is 0 Å². The summed E-state index contributed by atoms with van der Waals surface area (Å²) in [6.45, 7) is 0.938. The second kappa shape index (κ2) is 8.58. The molecule has 0 aliphatic heterocycles. The highest BCUT2D eigenvalue weighted by Gasteiger charge is 2.11. The van der Waals surface area contributed by atoms with Crippen molar-refractivity contribution in [2.24, 2.45) is 0 Å². The Morgan fingerprint density at radius 1 is 1.04 bits per heavy atom. The van der Waals surface area contributed by atoms with Crippen LogP contribution >= 0.6 is 0 Å². The third-order valence-corrected chi connectivity index (χ3v) is 3.33. The van der Waals surface area contributed by atoms with Crippen LogP contribution in [0.25, 0.3) is 0 Å². The average Bonchev–Trinajstić information content (AvgIpc) is 2.58. The Kier molecular flexibility index (Phi) is 6.17. The molecule has 5 nitrogen and oxygen atoms in total. The largest absolute Gasteiger partial charge is 0.489 e. The zero-order valence-corrected chi connectivity index (χ0v) is 12.7. The number of amides is 1. The average molecular weight is 313 g/mol. The lowest BCUT2D eigenvalue weighted by atomic mass is 10.2. The number of rotatable bonds is 8. The van der Waals surface area contributed by atoms with Gasteiger partial charge in [-0.15, -0.1) is 0 Å². The maximum Gasteiger partial charge on any atom is 0.407 e. The summed E-state index contributed by atoms with van der Waals surface area (Å²) < 4.78 is 5.69. The second-order valence-electron chi connectivity index (χ2n) is 5.08. The predicted octanol–water partition coefficient (Wildman–Crippen LogP) is 3.33. The number of aldehydes is 1. The van der Waals surface area contributed by atoms with Crippen molar-refractivity contribution in [1.82, 2.24) is 4.90 Å². The van der Waals surface area contributed by atoms with Gasteiger partial charge in [-0.1, -0.05) is 42.5 Å². The van der Waals surface area contributed by atoms with E-state index in [-0.39, 0.29) is 19.5 Å². The van der Waals surface area contributed by atoms with E-state index in [0.717, 1.165) is 23.2 Å². The van der Waals surface area contributed by atoms with Gasteiger partial charge in [0.05, 0.1) is 0 Å². The molecule has 0 aliphatic carbocycles. The van der Waals surface area contributed by atoms with Crippen LogP contribution in [0.5, 0.6) is 5.75 Å². The van der Waals surface area contributed by atoms with Crippen molar-refractivity contribution in [3.8, 4) is 5.75 Å². The zero-order chi connectivity index (χ0) is 16.5. The summed E-state index contributed by atoms with van der Waals surface area (Å²) in [7, 11) is 0. The molecule has 0 radical (unpaired) electrons. The van der Waals surface area contributed by atoms with Gasteiger partial charge in [-0.2, -0.15) is 0 Å². The molecule has 23 heavy (non-hydrogen) atoms. The van der Waals surface area contributed by atoms with E-state index < -0.39 is 6.09 Å². The number of carboxylic acid groups (broad SMARTS) is 1. The van der Waals surface area contributed by atoms with Crippen LogP contribution in [0.1, 0.15) is 17.5 Å². The first-order valence-electron chi connectivity index (χ1n) is 7.36. The number of ether oxygens (including phenoxy) is 1. The Labute approximate surface area is 135 Å². The third-order valence-electron chi connectivity index (χ3n) is 3.33. The molecule has 0 aromatic heterocycles. The zero-order valence-electron chi connectivity index (χ0n) is 12.7. The van der Waals surface area contributed by atoms with E-state index >= 15 is 0 Å². The SMILES string of the molecule is O=CCCN(Cc1ccc(OCc2ccccc2)cc1)C(=O)O. The van der Waals surface area contributed by atoms with Crippen LogP contribution in [0.3, 0.4) is 0 Å². The summed E-state index contributed by atoms with van der Waals surface area (Å²) in [5.74, 6) is 0.729. The first kappa shape index (κ1) is 16.5. The fourth-order valence-electron chi connectivity index (χ4n) is 2.10. The number of benzene rings is 2. The molecule has 0 spiro atoms. The van der Waals surface area contributed by atoms with E-state index in [1.165, 1.54) is 4.90 Å². The summed E-state index contributed by atoms with van der Waals surface area (Å²) in [4.78, 5) is 22.7. The van der Waals surface area contributed by atoms with Crippen molar-refractivity contribution in [3.05, 3.63) is 65.7 Å². The van der Waals surface area contributed by atoms with Gasteiger partial charge in [0.25, 0.3) is 0 Å². The van der Waals surface area contributed by atoms with Gasteiger partial charge >= 0.3 is 6.09 Å². The molecule has 0 saturated heterocycles. The minimum absolute atomic E-state index is 0.199. The Morgan fingerprint density at radius 2 is 1.74 bits per heavy atom. The Balaban J connectivity index is 1.90. The number of nitrogens with zero attached hydrogens (tertiary/aromatic N) is 1. The quantitative estimate of drug-likeness (QED) is 0.759. The van der Waals surface area contributed by atoms with Crippen LogP contribution in [0.15, 0.2) is 54.6 Å². The highest BCUT2D eigenvalue weighted by Crippen LogP contribution is 2.15. The first-order valence-corrected chi connectivity index (χ1v) is 7.36. The highest BCUT2D eigenvalue weighted by atomic mass is 16.5. The lowest BCUT2D eigenvalue weighted by Crippen LogP contribution is -2.30. The molecule has 0 unspecified atom stereocenters. The van der Waals surface area contributed by atoms with Gasteiger partial charge in [0.15, 0.2) is 0 Å². The topological polar surface area (TPSA) is 66.8 Å². The van der Waals surface area contributed by atoms with Crippen molar-refractivity contribution in [1.29, 1.82) is 0 Å². The van der Waals surface area contributed by atoms with Gasteiger partial charge in [0, 0.05) is 19.5 Å². The lowest BCUT2D eigenvalue weighted by molar-refractivity contribution is -0.108. The number of carbonyl (C=O) groups is 2. The Hall–Kier alpha value is -2.82. The van der Waals surface area contributed by atoms with Crippen LogP contribution in [0.4, 0.5) is 4.79 Å². The summed E-state index contributed by atoms with van der Waals surface area (Å²) in [5.41, 5.74) is 1.94. The Bertz CT molecular complexity index is 625. The van der Waals surface area contributed by atoms with Crippen LogP contribution in [-0.4, -0.2) is 28.9 Å². The molecule has 2 rings (SSSR count). The molecule has 1 amide bonds. The molecule has 0 aliphatic rings. The van der Waals surface area contributed by atoms with Crippen molar-refractivity contribution in [3.63, 3.8) is 0 Å². The lowest BCUT2D eigenvalue weighted by Gasteiger charge is -2.18. The van der Waals surface area contributed by atoms with Crippen molar-refractivity contribution >= 4 is 12.4 Å². The summed E-state index contributed by atoms with van der Waals surface area (Å²) >= 11 is 0. The minimum atomic E-state index is -1.03. The van der Waals surface area contributed by atoms with Gasteiger partial charge in [-0.3, -0.25) is 0 Å². The van der Waals surface area contributed by atoms with Gasteiger partial charge in [-0.25, -0.2) is 4.79 Å². The predicted molar refractivity (Wildman–Crippen MR) is 86.3 cm³/mol. The van der Waals surface area contributed by atoms with Crippen LogP contribution < -0.4 is 4.74 Å². The smallest absolute Gasteiger partial charge is 0.407 e. The molecule has 0 fully saturated rings. The third kappa shape index (κ3) is 5.47. The molecule has 2 aromatic rings. The molecule has 0 atom stereocenters. The molecule has 1 N–H and O–H groups in total. The van der Waals surface area contributed by atoms with Crippen LogP contribution in [0.2, 0.25) is 0 Å². The van der Waals surface area contributed by atoms with E-state index in [2.05, 4.69) is 0 Å². The van der Waals surface area contributed by atoms with Crippen molar-refractivity contribution in [2.45, 2.75) is 19.6 Å². The van der Waals surface area contributed by atoms with Crippen molar-refractivity contribution < 1.29 is 19.4 Å². The highest BCUT2D eigenvalue weighted by molar-refractivity contribution is 5.65. The molecular weight excluding hydrogens is 294 g/mol. The molecular formula is C18H19NO4. The van der Waals surface area contributed by atoms with E-state index in [0.29, 0.717) is 6.61 Å². The van der Waals surface area contributed by atoms with Gasteiger partial charge < -0.3 is 19.5 Å². The molecule has 0 saturated carbocycles. The molecule has 5 heteroatoms. The molecule has 0 bridgehead atoms. The van der Waals surface area contributed by atoms with Gasteiger partial charge in [0.1, 0.15) is 18.6 Å². The summed E-state index contributed by atoms with van der Waals surface area (Å²) in [6.07, 6.45) is -0.114. The van der Waals surface area contributed by atoms with Crippen molar-refractivity contribution in [2.75, 3.05) is 6.54 Å². The normalized spacial score (nSPS) is 10.1. The maximum absolute atomic E-state index is 11.1. The Morgan fingerprint density at radius 3 is 2.35 bits per heavy atom. The van der Waals surface area contributed by atoms with Gasteiger partial charge in [0.2, 0.25) is 0 Å². The monoisotopic (exact) mass is 313 g/mol. The standard InChI is InChI=1S/C18H19NO4/c20-12-4-11-19(18(21)22)13-15-7-9-17(10-8-15)23-14-16-5-2-1-3-6-16/h1-3,5-10,12H,4,11,13-14H2,(H,21,22). The first-order chi connectivity index (χ1) is 11.2. The molecule has 0 heterocycles. The minimum Gasteiger partial charge on any atom is -0.489 e. The molecule has 120 valence electrons. The number of hydrogen-bond donors (Lipinski definition) is 1. The maximum atomic E-state index is 11.1. The second-order valence-corrected chi connectivity index (χ2v) is 5.08. The fourth-order valence-corrected chi connectivity index (χ4v) is 2.10. The molecule has 2 aromatic carbocycles. The summed E-state index contributed by atoms with van der Waals surface area (Å²) in [5, 5.41) is 9.11. The van der Waals surface area contributed by atoms with E-state index in [4.69, 9.17) is 9.84 Å². The van der Waals surface area contributed by atoms with Gasteiger partial charge in [-0.05, 0) is 23.3 Å². The number of carbonyl (C=O) groups excluding carboxylic acids is 1. The van der Waals surface area contributed by atoms with E-state index in [9.17, 15) is 9.59 Å². The summed E-state index contributed by atoms with van der Waals surface area (Å²) in [6, 6.07) is 17.2. The van der Waals surface area contributed by atoms with Crippen LogP contribution in [0, 0.1) is 0 Å².